The lowest BCUT2D eigenvalue weighted by atomic mass is 10.0. The van der Waals surface area contributed by atoms with E-state index in [1.165, 1.54) is 0 Å². The highest BCUT2D eigenvalue weighted by Crippen LogP contribution is 2.19. The van der Waals surface area contributed by atoms with Crippen LogP contribution in [0.5, 0.6) is 0 Å². The highest BCUT2D eigenvalue weighted by Gasteiger charge is 2.50. The molecule has 0 amide bonds. The van der Waals surface area contributed by atoms with Gasteiger partial charge in [-0.3, -0.25) is 0 Å². The summed E-state index contributed by atoms with van der Waals surface area (Å²) in [6, 6.07) is 0. The van der Waals surface area contributed by atoms with Crippen molar-refractivity contribution in [2.75, 3.05) is 6.61 Å². The molecular formula is C5H6O5. The van der Waals surface area contributed by atoms with Gasteiger partial charge >= 0.3 is 11.9 Å². The minimum Gasteiger partial charge on any atom is -0.479 e. The number of ether oxygens (including phenoxy) is 1. The Hall–Kier alpha value is -1.10. The molecule has 0 saturated carbocycles. The van der Waals surface area contributed by atoms with Crippen LogP contribution < -0.4 is 0 Å². The number of hydrogen-bond acceptors (Lipinski definition) is 4. The number of carbonyl (C=O) groups excluding carboxylic acids is 1. The van der Waals surface area contributed by atoms with Crippen LogP contribution in [-0.2, 0) is 14.3 Å². The van der Waals surface area contributed by atoms with E-state index in [4.69, 9.17) is 10.2 Å². The molecule has 0 spiro atoms. The molecule has 2 N–H and O–H groups in total. The fourth-order valence-electron chi connectivity index (χ4n) is 0.707. The van der Waals surface area contributed by atoms with Gasteiger partial charge in [-0.1, -0.05) is 0 Å². The lowest BCUT2D eigenvalue weighted by molar-refractivity contribution is -0.169. The topological polar surface area (TPSA) is 83.8 Å². The molecule has 1 fully saturated rings. The van der Waals surface area contributed by atoms with E-state index >= 15 is 0 Å². The van der Waals surface area contributed by atoms with Crippen LogP contribution in [0, 0.1) is 0 Å². The van der Waals surface area contributed by atoms with Crippen molar-refractivity contribution in [3.63, 3.8) is 0 Å². The van der Waals surface area contributed by atoms with E-state index in [1.54, 1.807) is 0 Å². The van der Waals surface area contributed by atoms with Gasteiger partial charge in [0.25, 0.3) is 5.60 Å². The summed E-state index contributed by atoms with van der Waals surface area (Å²) in [5.74, 6) is -2.62. The molecule has 1 heterocycles. The second-order valence-electron chi connectivity index (χ2n) is 2.05. The molecule has 0 aromatic heterocycles. The van der Waals surface area contributed by atoms with Crippen LogP contribution in [0.2, 0.25) is 0 Å². The average molecular weight is 146 g/mol. The Labute approximate surface area is 56.2 Å². The summed E-state index contributed by atoms with van der Waals surface area (Å²) in [5.41, 5.74) is -2.29. The molecule has 10 heavy (non-hydrogen) atoms. The van der Waals surface area contributed by atoms with Crippen LogP contribution >= 0.6 is 0 Å². The molecule has 0 radical (unpaired) electrons. The highest BCUT2D eigenvalue weighted by molar-refractivity contribution is 6.03. The minimum absolute atomic E-state index is 0.0262. The number of carboxylic acid groups (broad SMARTS) is 1. The molecule has 0 bridgehead atoms. The van der Waals surface area contributed by atoms with E-state index < -0.39 is 17.5 Å². The SMILES string of the molecule is O=C(O)C1(O)CCOC1=O. The average Bonchev–Trinajstić information content (AvgIpc) is 2.15. The molecule has 0 aromatic carbocycles. The molecule has 5 heteroatoms. The number of carboxylic acids is 1. The van der Waals surface area contributed by atoms with Crippen molar-refractivity contribution in [1.82, 2.24) is 0 Å². The number of aliphatic carboxylic acids is 1. The molecule has 1 saturated heterocycles. The molecule has 0 aliphatic carbocycles. The first-order valence-electron chi connectivity index (χ1n) is 2.70. The zero-order chi connectivity index (χ0) is 7.78. The van der Waals surface area contributed by atoms with Crippen molar-refractivity contribution in [2.45, 2.75) is 12.0 Å². The van der Waals surface area contributed by atoms with Gasteiger partial charge < -0.3 is 14.9 Å². The third-order valence-corrected chi connectivity index (χ3v) is 1.39. The Morgan fingerprint density at radius 3 is 2.50 bits per heavy atom. The fourth-order valence-corrected chi connectivity index (χ4v) is 0.707. The number of esters is 1. The van der Waals surface area contributed by atoms with E-state index in [0.29, 0.717) is 0 Å². The molecule has 1 unspecified atom stereocenters. The monoisotopic (exact) mass is 146 g/mol. The van der Waals surface area contributed by atoms with E-state index in [-0.39, 0.29) is 13.0 Å². The molecule has 1 atom stereocenters. The summed E-state index contributed by atoms with van der Waals surface area (Å²) in [7, 11) is 0. The molecule has 5 nitrogen and oxygen atoms in total. The van der Waals surface area contributed by atoms with E-state index in [0.717, 1.165) is 0 Å². The number of hydrogen-bond donors (Lipinski definition) is 2. The molecular weight excluding hydrogens is 140 g/mol. The van der Waals surface area contributed by atoms with Gasteiger partial charge in [-0.05, 0) is 0 Å². The first kappa shape index (κ1) is 7.01. The Morgan fingerprint density at radius 1 is 1.70 bits per heavy atom. The Balaban J connectivity index is 2.86. The fraction of sp³-hybridized carbons (Fsp3) is 0.600. The van der Waals surface area contributed by atoms with Crippen LogP contribution in [0.15, 0.2) is 0 Å². The summed E-state index contributed by atoms with van der Waals surface area (Å²) in [6.45, 7) is -0.0262. The number of cyclic esters (lactones) is 1. The zero-order valence-electron chi connectivity index (χ0n) is 5.03. The third kappa shape index (κ3) is 0.750. The Bertz CT molecular complexity index is 186. The minimum atomic E-state index is -2.29. The van der Waals surface area contributed by atoms with Gasteiger partial charge in [0, 0.05) is 6.42 Å². The summed E-state index contributed by atoms with van der Waals surface area (Å²) >= 11 is 0. The maximum atomic E-state index is 10.5. The Morgan fingerprint density at radius 2 is 2.30 bits per heavy atom. The predicted molar refractivity (Wildman–Crippen MR) is 28.2 cm³/mol. The van der Waals surface area contributed by atoms with Crippen LogP contribution in [0.4, 0.5) is 0 Å². The van der Waals surface area contributed by atoms with Crippen LogP contribution in [0.25, 0.3) is 0 Å². The molecule has 1 aliphatic rings. The van der Waals surface area contributed by atoms with Crippen molar-refractivity contribution in [1.29, 1.82) is 0 Å². The summed E-state index contributed by atoms with van der Waals surface area (Å²) in [5, 5.41) is 17.3. The van der Waals surface area contributed by atoms with Crippen LogP contribution in [0.1, 0.15) is 6.42 Å². The van der Waals surface area contributed by atoms with Crippen molar-refractivity contribution >= 4 is 11.9 Å². The van der Waals surface area contributed by atoms with Crippen molar-refractivity contribution in [3.05, 3.63) is 0 Å². The number of rotatable bonds is 1. The summed E-state index contributed by atoms with van der Waals surface area (Å²) in [6.07, 6.45) is -0.166. The molecule has 0 aromatic rings. The van der Waals surface area contributed by atoms with Crippen molar-refractivity contribution in [3.8, 4) is 0 Å². The zero-order valence-corrected chi connectivity index (χ0v) is 5.03. The van der Waals surface area contributed by atoms with Gasteiger partial charge in [0.15, 0.2) is 0 Å². The quantitative estimate of drug-likeness (QED) is 0.356. The van der Waals surface area contributed by atoms with Crippen LogP contribution in [0.3, 0.4) is 0 Å². The van der Waals surface area contributed by atoms with E-state index in [1.807, 2.05) is 0 Å². The first-order valence-corrected chi connectivity index (χ1v) is 2.70. The lowest BCUT2D eigenvalue weighted by Gasteiger charge is -2.09. The standard InChI is InChI=1S/C5H6O5/c6-3(7)5(9)1-2-10-4(5)8/h9H,1-2H2,(H,6,7). The number of carbonyl (C=O) groups is 2. The maximum Gasteiger partial charge on any atom is 0.350 e. The van der Waals surface area contributed by atoms with Crippen LogP contribution in [-0.4, -0.2) is 34.4 Å². The molecule has 1 aliphatic heterocycles. The highest BCUT2D eigenvalue weighted by atomic mass is 16.6. The van der Waals surface area contributed by atoms with E-state index in [9.17, 15) is 9.59 Å². The van der Waals surface area contributed by atoms with Gasteiger partial charge in [-0.2, -0.15) is 0 Å². The predicted octanol–water partition coefficient (Wildman–Crippen LogP) is -1.25. The Kier molecular flexibility index (Phi) is 1.37. The lowest BCUT2D eigenvalue weighted by Crippen LogP contribution is -2.42. The molecule has 1 rings (SSSR count). The van der Waals surface area contributed by atoms with E-state index in [2.05, 4.69) is 4.74 Å². The second-order valence-corrected chi connectivity index (χ2v) is 2.05. The van der Waals surface area contributed by atoms with Crippen molar-refractivity contribution < 1.29 is 24.5 Å². The molecule has 56 valence electrons. The van der Waals surface area contributed by atoms with Gasteiger partial charge in [-0.25, -0.2) is 9.59 Å². The number of aliphatic hydroxyl groups is 1. The normalized spacial score (nSPS) is 31.9. The summed E-state index contributed by atoms with van der Waals surface area (Å²) in [4.78, 5) is 20.7. The third-order valence-electron chi connectivity index (χ3n) is 1.39. The smallest absolute Gasteiger partial charge is 0.350 e. The first-order chi connectivity index (χ1) is 4.57. The second kappa shape index (κ2) is 1.95. The van der Waals surface area contributed by atoms with Gasteiger partial charge in [0.05, 0.1) is 6.61 Å². The largest absolute Gasteiger partial charge is 0.479 e. The van der Waals surface area contributed by atoms with Gasteiger partial charge in [-0.15, -0.1) is 0 Å². The van der Waals surface area contributed by atoms with Crippen molar-refractivity contribution in [2.24, 2.45) is 0 Å². The summed E-state index contributed by atoms with van der Waals surface area (Å²) < 4.78 is 4.26. The maximum absolute atomic E-state index is 10.5. The van der Waals surface area contributed by atoms with Gasteiger partial charge in [0.2, 0.25) is 0 Å². The van der Waals surface area contributed by atoms with Gasteiger partial charge in [0.1, 0.15) is 0 Å².